The highest BCUT2D eigenvalue weighted by Crippen LogP contribution is 2.18. The van der Waals surface area contributed by atoms with E-state index < -0.39 is 33.1 Å². The zero-order valence-corrected chi connectivity index (χ0v) is 12.4. The Balaban J connectivity index is 2.40. The van der Waals surface area contributed by atoms with Crippen LogP contribution in [0.15, 0.2) is 0 Å². The van der Waals surface area contributed by atoms with Crippen molar-refractivity contribution in [3.63, 3.8) is 0 Å². The van der Waals surface area contributed by atoms with Crippen molar-refractivity contribution in [3.8, 4) is 0 Å². The van der Waals surface area contributed by atoms with Crippen LogP contribution in [0.1, 0.15) is 39.0 Å². The van der Waals surface area contributed by atoms with Gasteiger partial charge < -0.3 is 15.7 Å². The van der Waals surface area contributed by atoms with Crippen LogP contribution in [0, 0.1) is 0 Å². The standard InChI is InChI=1S/C12H22N2O5S/c1-2-3-6-10(11(15)16)14-12(17)13-8-9-5-4-7-20(9,18)19/h9-10H,2-8H2,1H3,(H,15,16)(H2,13,14,17)/t9?,10-/m0/s1. The van der Waals surface area contributed by atoms with Gasteiger partial charge in [0.15, 0.2) is 9.84 Å². The third-order valence-electron chi connectivity index (χ3n) is 3.40. The molecule has 1 heterocycles. The van der Waals surface area contributed by atoms with E-state index in [2.05, 4.69) is 10.6 Å². The first-order valence-corrected chi connectivity index (χ1v) is 8.57. The predicted octanol–water partition coefficient (Wildman–Crippen LogP) is 0.506. The van der Waals surface area contributed by atoms with Crippen molar-refractivity contribution < 1.29 is 23.1 Å². The molecule has 1 aliphatic rings. The van der Waals surface area contributed by atoms with E-state index >= 15 is 0 Å². The summed E-state index contributed by atoms with van der Waals surface area (Å²) < 4.78 is 23.2. The lowest BCUT2D eigenvalue weighted by molar-refractivity contribution is -0.139. The van der Waals surface area contributed by atoms with Crippen LogP contribution in [0.5, 0.6) is 0 Å². The van der Waals surface area contributed by atoms with Crippen molar-refractivity contribution >= 4 is 21.8 Å². The number of amides is 2. The number of sulfone groups is 1. The van der Waals surface area contributed by atoms with E-state index in [9.17, 15) is 18.0 Å². The molecule has 7 nitrogen and oxygen atoms in total. The summed E-state index contributed by atoms with van der Waals surface area (Å²) in [6, 6.07) is -1.56. The van der Waals surface area contributed by atoms with Crippen molar-refractivity contribution in [1.82, 2.24) is 10.6 Å². The van der Waals surface area contributed by atoms with Crippen molar-refractivity contribution in [3.05, 3.63) is 0 Å². The van der Waals surface area contributed by atoms with E-state index in [4.69, 9.17) is 5.11 Å². The smallest absolute Gasteiger partial charge is 0.326 e. The lowest BCUT2D eigenvalue weighted by atomic mass is 10.1. The van der Waals surface area contributed by atoms with Crippen LogP contribution >= 0.6 is 0 Å². The highest BCUT2D eigenvalue weighted by atomic mass is 32.2. The van der Waals surface area contributed by atoms with Crippen LogP contribution in [0.25, 0.3) is 0 Å². The van der Waals surface area contributed by atoms with Crippen molar-refractivity contribution in [1.29, 1.82) is 0 Å². The van der Waals surface area contributed by atoms with Gasteiger partial charge in [0, 0.05) is 6.54 Å². The van der Waals surface area contributed by atoms with Gasteiger partial charge in [-0.2, -0.15) is 0 Å². The molecule has 1 unspecified atom stereocenters. The Labute approximate surface area is 119 Å². The highest BCUT2D eigenvalue weighted by Gasteiger charge is 2.31. The molecule has 1 fully saturated rings. The second kappa shape index (κ2) is 7.47. The van der Waals surface area contributed by atoms with E-state index in [1.807, 2.05) is 6.92 Å². The van der Waals surface area contributed by atoms with Crippen molar-refractivity contribution in [2.24, 2.45) is 0 Å². The van der Waals surface area contributed by atoms with E-state index in [-0.39, 0.29) is 12.3 Å². The van der Waals surface area contributed by atoms with E-state index in [1.54, 1.807) is 0 Å². The Morgan fingerprint density at radius 3 is 2.60 bits per heavy atom. The summed E-state index contributed by atoms with van der Waals surface area (Å²) in [6.45, 7) is 1.97. The zero-order chi connectivity index (χ0) is 15.2. The van der Waals surface area contributed by atoms with Crippen LogP contribution in [-0.4, -0.2) is 49.1 Å². The molecule has 0 aliphatic carbocycles. The van der Waals surface area contributed by atoms with Gasteiger partial charge in [0.05, 0.1) is 11.0 Å². The summed E-state index contributed by atoms with van der Waals surface area (Å²) >= 11 is 0. The maximum Gasteiger partial charge on any atom is 0.326 e. The van der Waals surface area contributed by atoms with Crippen LogP contribution in [-0.2, 0) is 14.6 Å². The number of nitrogens with one attached hydrogen (secondary N) is 2. The molecule has 8 heteroatoms. The number of aliphatic carboxylic acids is 1. The molecule has 20 heavy (non-hydrogen) atoms. The first kappa shape index (κ1) is 16.7. The number of carboxylic acid groups (broad SMARTS) is 1. The van der Waals surface area contributed by atoms with E-state index in [0.717, 1.165) is 6.42 Å². The first-order chi connectivity index (χ1) is 9.36. The molecule has 0 aromatic rings. The monoisotopic (exact) mass is 306 g/mol. The Morgan fingerprint density at radius 1 is 1.40 bits per heavy atom. The van der Waals surface area contributed by atoms with Crippen molar-refractivity contribution in [2.75, 3.05) is 12.3 Å². The molecule has 2 atom stereocenters. The van der Waals surface area contributed by atoms with Gasteiger partial charge in [-0.05, 0) is 19.3 Å². The molecule has 3 N–H and O–H groups in total. The van der Waals surface area contributed by atoms with Crippen LogP contribution < -0.4 is 10.6 Å². The van der Waals surface area contributed by atoms with Gasteiger partial charge >= 0.3 is 12.0 Å². The van der Waals surface area contributed by atoms with E-state index in [0.29, 0.717) is 25.7 Å². The number of hydrogen-bond donors (Lipinski definition) is 3. The first-order valence-electron chi connectivity index (χ1n) is 6.85. The third kappa shape index (κ3) is 4.99. The van der Waals surface area contributed by atoms with Crippen LogP contribution in [0.2, 0.25) is 0 Å². The lowest BCUT2D eigenvalue weighted by Gasteiger charge is -2.16. The predicted molar refractivity (Wildman–Crippen MR) is 74.3 cm³/mol. The fraction of sp³-hybridized carbons (Fsp3) is 0.833. The molecule has 0 bridgehead atoms. The van der Waals surface area contributed by atoms with Gasteiger partial charge in [-0.1, -0.05) is 19.8 Å². The molecule has 1 saturated heterocycles. The average Bonchev–Trinajstić information content (AvgIpc) is 2.70. The average molecular weight is 306 g/mol. The minimum Gasteiger partial charge on any atom is -0.480 e. The van der Waals surface area contributed by atoms with Gasteiger partial charge in [0.25, 0.3) is 0 Å². The number of unbranched alkanes of at least 4 members (excludes halogenated alkanes) is 1. The summed E-state index contributed by atoms with van der Waals surface area (Å²) in [7, 11) is -3.10. The molecule has 1 rings (SSSR count). The molecule has 116 valence electrons. The Morgan fingerprint density at radius 2 is 2.10 bits per heavy atom. The number of carbonyl (C=O) groups excluding carboxylic acids is 1. The van der Waals surface area contributed by atoms with Gasteiger partial charge in [-0.15, -0.1) is 0 Å². The fourth-order valence-electron chi connectivity index (χ4n) is 2.17. The molecule has 0 aromatic heterocycles. The van der Waals surface area contributed by atoms with Gasteiger partial charge in [-0.25, -0.2) is 18.0 Å². The lowest BCUT2D eigenvalue weighted by Crippen LogP contribution is -2.48. The number of urea groups is 1. The zero-order valence-electron chi connectivity index (χ0n) is 11.6. The van der Waals surface area contributed by atoms with Crippen LogP contribution in [0.4, 0.5) is 4.79 Å². The summed E-state index contributed by atoms with van der Waals surface area (Å²) in [6.07, 6.45) is 3.06. The Bertz CT molecular complexity index is 449. The normalized spacial score (nSPS) is 22.1. The van der Waals surface area contributed by atoms with Gasteiger partial charge in [0.2, 0.25) is 0 Å². The maximum atomic E-state index is 11.6. The van der Waals surface area contributed by atoms with Gasteiger partial charge in [0.1, 0.15) is 6.04 Å². The fourth-order valence-corrected chi connectivity index (χ4v) is 3.93. The minimum absolute atomic E-state index is 0.0360. The quantitative estimate of drug-likeness (QED) is 0.634. The number of rotatable bonds is 7. The molecule has 0 spiro atoms. The molecule has 0 saturated carbocycles. The second-order valence-electron chi connectivity index (χ2n) is 5.02. The molecule has 1 aliphatic heterocycles. The minimum atomic E-state index is -3.10. The number of carbonyl (C=O) groups is 2. The SMILES string of the molecule is CCCC[C@H](NC(=O)NCC1CCCS1(=O)=O)C(=O)O. The Hall–Kier alpha value is -1.31. The molecular formula is C12H22N2O5S. The second-order valence-corrected chi connectivity index (χ2v) is 7.42. The maximum absolute atomic E-state index is 11.6. The van der Waals surface area contributed by atoms with Crippen LogP contribution in [0.3, 0.4) is 0 Å². The third-order valence-corrected chi connectivity index (χ3v) is 5.68. The van der Waals surface area contributed by atoms with Crippen molar-refractivity contribution in [2.45, 2.75) is 50.3 Å². The summed E-state index contributed by atoms with van der Waals surface area (Å²) in [5, 5.41) is 13.2. The topological polar surface area (TPSA) is 113 Å². The summed E-state index contributed by atoms with van der Waals surface area (Å²) in [5.74, 6) is -0.919. The molecular weight excluding hydrogens is 284 g/mol. The summed E-state index contributed by atoms with van der Waals surface area (Å²) in [5.41, 5.74) is 0. The number of hydrogen-bond acceptors (Lipinski definition) is 4. The van der Waals surface area contributed by atoms with E-state index in [1.165, 1.54) is 0 Å². The summed E-state index contributed by atoms with van der Waals surface area (Å²) in [4.78, 5) is 22.6. The molecule has 0 radical (unpaired) electrons. The molecule has 0 aromatic carbocycles. The molecule has 2 amide bonds. The Kier molecular flexibility index (Phi) is 6.25. The highest BCUT2D eigenvalue weighted by molar-refractivity contribution is 7.92. The van der Waals surface area contributed by atoms with Gasteiger partial charge in [-0.3, -0.25) is 0 Å². The largest absolute Gasteiger partial charge is 0.480 e. The number of carboxylic acids is 1.